The molecule has 0 bridgehead atoms. The van der Waals surface area contributed by atoms with Crippen molar-refractivity contribution in [3.05, 3.63) is 35.9 Å². The van der Waals surface area contributed by atoms with E-state index in [2.05, 4.69) is 0 Å². The lowest BCUT2D eigenvalue weighted by Crippen LogP contribution is -2.53. The molecule has 1 aromatic rings. The third-order valence-electron chi connectivity index (χ3n) is 4.39. The van der Waals surface area contributed by atoms with Crippen molar-refractivity contribution in [3.8, 4) is 0 Å². The van der Waals surface area contributed by atoms with Crippen LogP contribution >= 0.6 is 0 Å². The van der Waals surface area contributed by atoms with Gasteiger partial charge in [-0.25, -0.2) is 9.59 Å². The van der Waals surface area contributed by atoms with Crippen LogP contribution in [0.1, 0.15) is 25.3 Å². The van der Waals surface area contributed by atoms with Gasteiger partial charge in [-0.3, -0.25) is 14.5 Å². The Morgan fingerprint density at radius 2 is 1.89 bits per heavy atom. The first-order valence-electron chi connectivity index (χ1n) is 8.53. The summed E-state index contributed by atoms with van der Waals surface area (Å²) in [6, 6.07) is 6.69. The Labute approximate surface area is 156 Å². The van der Waals surface area contributed by atoms with E-state index < -0.39 is 42.6 Å². The van der Waals surface area contributed by atoms with Crippen LogP contribution in [0.25, 0.3) is 0 Å². The van der Waals surface area contributed by atoms with E-state index in [1.54, 1.807) is 30.3 Å². The van der Waals surface area contributed by atoms with Crippen molar-refractivity contribution in [1.82, 2.24) is 9.80 Å². The van der Waals surface area contributed by atoms with Gasteiger partial charge in [-0.2, -0.15) is 0 Å². The molecule has 9 nitrogen and oxygen atoms in total. The number of aliphatic carboxylic acids is 2. The molecule has 0 unspecified atom stereocenters. The summed E-state index contributed by atoms with van der Waals surface area (Å²) >= 11 is 0. The number of carbonyl (C=O) groups excluding carboxylic acids is 2. The van der Waals surface area contributed by atoms with E-state index in [0.717, 1.165) is 4.90 Å². The highest BCUT2D eigenvalue weighted by Crippen LogP contribution is 2.20. The number of hydrogen-bond donors (Lipinski definition) is 2. The molecule has 9 heteroatoms. The molecule has 2 amide bonds. The molecule has 2 N–H and O–H groups in total. The van der Waals surface area contributed by atoms with Crippen molar-refractivity contribution < 1.29 is 34.1 Å². The van der Waals surface area contributed by atoms with Crippen molar-refractivity contribution in [2.24, 2.45) is 0 Å². The van der Waals surface area contributed by atoms with Gasteiger partial charge in [0.1, 0.15) is 25.2 Å². The van der Waals surface area contributed by atoms with Gasteiger partial charge in [-0.15, -0.1) is 0 Å². The highest BCUT2D eigenvalue weighted by atomic mass is 16.6. The second-order valence-corrected chi connectivity index (χ2v) is 6.27. The van der Waals surface area contributed by atoms with Gasteiger partial charge in [0.05, 0.1) is 0 Å². The molecule has 1 aliphatic rings. The molecule has 1 aromatic carbocycles. The van der Waals surface area contributed by atoms with Gasteiger partial charge in [-0.1, -0.05) is 30.3 Å². The van der Waals surface area contributed by atoms with Gasteiger partial charge in [-0.05, 0) is 25.3 Å². The van der Waals surface area contributed by atoms with Crippen LogP contribution in [0, 0.1) is 0 Å². The Balaban J connectivity index is 2.09. The van der Waals surface area contributed by atoms with Gasteiger partial charge in [0.2, 0.25) is 5.91 Å². The Bertz CT molecular complexity index is 707. The predicted molar refractivity (Wildman–Crippen MR) is 92.8 cm³/mol. The lowest BCUT2D eigenvalue weighted by Gasteiger charge is -2.31. The van der Waals surface area contributed by atoms with Crippen molar-refractivity contribution in [2.45, 2.75) is 38.5 Å². The monoisotopic (exact) mass is 378 g/mol. The number of rotatable bonds is 7. The number of carboxylic acids is 2. The van der Waals surface area contributed by atoms with Crippen molar-refractivity contribution in [2.75, 3.05) is 13.1 Å². The molecule has 1 saturated heterocycles. The number of benzene rings is 1. The Hall–Kier alpha value is -3.10. The standard InChI is InChI=1S/C18H22N2O7/c1-12(16(23)19-9-5-8-14(19)17(24)25)20(10-15(21)22)18(26)27-11-13-6-3-2-4-7-13/h2-4,6-7,12,14H,5,8-11H2,1H3,(H,21,22)(H,24,25)/t12-,14-/m0/s1. The number of carboxylic acid groups (broad SMARTS) is 2. The lowest BCUT2D eigenvalue weighted by molar-refractivity contribution is -0.151. The summed E-state index contributed by atoms with van der Waals surface area (Å²) in [4.78, 5) is 49.5. The molecule has 0 spiro atoms. The van der Waals surface area contributed by atoms with Crippen LogP contribution in [0.5, 0.6) is 0 Å². The van der Waals surface area contributed by atoms with Gasteiger partial charge in [0.25, 0.3) is 0 Å². The fraction of sp³-hybridized carbons (Fsp3) is 0.444. The molecule has 0 radical (unpaired) electrons. The SMILES string of the molecule is C[C@@H](C(=O)N1CCC[C@H]1C(=O)O)N(CC(=O)O)C(=O)OCc1ccccc1. The van der Waals surface area contributed by atoms with E-state index in [4.69, 9.17) is 9.84 Å². The van der Waals surface area contributed by atoms with E-state index >= 15 is 0 Å². The highest BCUT2D eigenvalue weighted by Gasteiger charge is 2.39. The minimum absolute atomic E-state index is 0.0713. The number of hydrogen-bond acceptors (Lipinski definition) is 5. The molecule has 2 atom stereocenters. The summed E-state index contributed by atoms with van der Waals surface area (Å²) in [5.74, 6) is -3.04. The van der Waals surface area contributed by atoms with E-state index in [1.807, 2.05) is 0 Å². The average molecular weight is 378 g/mol. The van der Waals surface area contributed by atoms with Crippen LogP contribution in [0.4, 0.5) is 4.79 Å². The minimum Gasteiger partial charge on any atom is -0.480 e. The smallest absolute Gasteiger partial charge is 0.411 e. The first kappa shape index (κ1) is 20.2. The largest absolute Gasteiger partial charge is 0.480 e. The van der Waals surface area contributed by atoms with E-state index in [0.29, 0.717) is 18.4 Å². The third-order valence-corrected chi connectivity index (χ3v) is 4.39. The van der Waals surface area contributed by atoms with Crippen LogP contribution in [-0.2, 0) is 25.7 Å². The molecule has 1 aliphatic heterocycles. The predicted octanol–water partition coefficient (Wildman–Crippen LogP) is 1.17. The normalized spacial score (nSPS) is 17.2. The molecule has 146 valence electrons. The van der Waals surface area contributed by atoms with Gasteiger partial charge < -0.3 is 19.8 Å². The summed E-state index contributed by atoms with van der Waals surface area (Å²) < 4.78 is 5.14. The van der Waals surface area contributed by atoms with Crippen molar-refractivity contribution in [3.63, 3.8) is 0 Å². The number of nitrogens with zero attached hydrogens (tertiary/aromatic N) is 2. The van der Waals surface area contributed by atoms with Crippen LogP contribution in [-0.4, -0.2) is 69.1 Å². The Kier molecular flexibility index (Phi) is 6.75. The highest BCUT2D eigenvalue weighted by molar-refractivity contribution is 5.90. The Morgan fingerprint density at radius 3 is 2.48 bits per heavy atom. The number of carbonyl (C=O) groups is 4. The molecule has 27 heavy (non-hydrogen) atoms. The van der Waals surface area contributed by atoms with Gasteiger partial charge >= 0.3 is 18.0 Å². The molecular formula is C18H22N2O7. The van der Waals surface area contributed by atoms with Crippen LogP contribution in [0.15, 0.2) is 30.3 Å². The first-order valence-corrected chi connectivity index (χ1v) is 8.53. The number of likely N-dealkylation sites (tertiary alicyclic amines) is 1. The van der Waals surface area contributed by atoms with Crippen molar-refractivity contribution >= 4 is 23.9 Å². The van der Waals surface area contributed by atoms with E-state index in [9.17, 15) is 24.3 Å². The number of ether oxygens (including phenoxy) is 1. The lowest BCUT2D eigenvalue weighted by atomic mass is 10.2. The zero-order valence-corrected chi connectivity index (χ0v) is 14.9. The van der Waals surface area contributed by atoms with Crippen LogP contribution < -0.4 is 0 Å². The maximum Gasteiger partial charge on any atom is 0.411 e. The summed E-state index contributed by atoms with van der Waals surface area (Å²) in [6.45, 7) is 0.816. The molecule has 1 fully saturated rings. The quantitative estimate of drug-likeness (QED) is 0.730. The fourth-order valence-electron chi connectivity index (χ4n) is 2.97. The summed E-state index contributed by atoms with van der Waals surface area (Å²) in [6.07, 6.45) is -0.0916. The summed E-state index contributed by atoms with van der Waals surface area (Å²) in [5.41, 5.74) is 0.714. The first-order chi connectivity index (χ1) is 12.8. The molecular weight excluding hydrogens is 356 g/mol. The van der Waals surface area contributed by atoms with Crippen LogP contribution in [0.2, 0.25) is 0 Å². The van der Waals surface area contributed by atoms with Gasteiger partial charge in [0, 0.05) is 6.54 Å². The second kappa shape index (κ2) is 9.02. The second-order valence-electron chi connectivity index (χ2n) is 6.27. The molecule has 0 aromatic heterocycles. The summed E-state index contributed by atoms with van der Waals surface area (Å²) in [5, 5.41) is 18.3. The van der Waals surface area contributed by atoms with Gasteiger partial charge in [0.15, 0.2) is 0 Å². The molecule has 1 heterocycles. The number of amides is 2. The fourth-order valence-corrected chi connectivity index (χ4v) is 2.97. The maximum absolute atomic E-state index is 12.7. The zero-order valence-electron chi connectivity index (χ0n) is 14.9. The van der Waals surface area contributed by atoms with E-state index in [-0.39, 0.29) is 13.2 Å². The molecule has 0 aliphatic carbocycles. The minimum atomic E-state index is -1.30. The topological polar surface area (TPSA) is 124 Å². The Morgan fingerprint density at radius 1 is 1.22 bits per heavy atom. The summed E-state index contributed by atoms with van der Waals surface area (Å²) in [7, 11) is 0. The molecule has 0 saturated carbocycles. The third kappa shape index (κ3) is 5.19. The average Bonchev–Trinajstić information content (AvgIpc) is 3.14. The molecule has 2 rings (SSSR count). The maximum atomic E-state index is 12.7. The van der Waals surface area contributed by atoms with E-state index in [1.165, 1.54) is 11.8 Å². The van der Waals surface area contributed by atoms with Crippen LogP contribution in [0.3, 0.4) is 0 Å². The zero-order chi connectivity index (χ0) is 20.0. The van der Waals surface area contributed by atoms with Crippen molar-refractivity contribution in [1.29, 1.82) is 0 Å².